The molecule has 2 aromatic carbocycles. The van der Waals surface area contributed by atoms with Crippen molar-refractivity contribution in [1.29, 1.82) is 0 Å². The number of hydrogen-bond donors (Lipinski definition) is 1. The molecule has 172 valence electrons. The molecule has 0 unspecified atom stereocenters. The third kappa shape index (κ3) is 3.55. The van der Waals surface area contributed by atoms with Crippen LogP contribution in [0.1, 0.15) is 34.3 Å². The molecule has 4 aromatic rings. The van der Waals surface area contributed by atoms with Crippen LogP contribution in [0.25, 0.3) is 16.6 Å². The minimum Gasteiger partial charge on any atom is -0.493 e. The van der Waals surface area contributed by atoms with Crippen LogP contribution in [0.3, 0.4) is 0 Å². The van der Waals surface area contributed by atoms with Crippen LogP contribution in [0.15, 0.2) is 55.1 Å². The van der Waals surface area contributed by atoms with Gasteiger partial charge in [0.15, 0.2) is 0 Å². The molecule has 0 aliphatic carbocycles. The van der Waals surface area contributed by atoms with Crippen LogP contribution in [0.2, 0.25) is 0 Å². The van der Waals surface area contributed by atoms with Crippen LogP contribution in [0, 0.1) is 5.82 Å². The average Bonchev–Trinajstić information content (AvgIpc) is 3.64. The van der Waals surface area contributed by atoms with Crippen molar-refractivity contribution in [2.75, 3.05) is 25.0 Å². The third-order valence-electron chi connectivity index (χ3n) is 6.66. The highest BCUT2D eigenvalue weighted by Crippen LogP contribution is 2.31. The van der Waals surface area contributed by atoms with Crippen LogP contribution < -0.4 is 10.1 Å². The zero-order valence-corrected chi connectivity index (χ0v) is 18.6. The first kappa shape index (κ1) is 20.7. The Kier molecular flexibility index (Phi) is 5.13. The van der Waals surface area contributed by atoms with E-state index in [4.69, 9.17) is 4.74 Å². The number of imidazole rings is 1. The number of hydrogen-bond acceptors (Lipinski definition) is 5. The lowest BCUT2D eigenvalue weighted by atomic mass is 10.0. The second-order valence-electron chi connectivity index (χ2n) is 8.68. The van der Waals surface area contributed by atoms with Crippen LogP contribution in [-0.4, -0.2) is 44.9 Å². The van der Waals surface area contributed by atoms with Gasteiger partial charge in [-0.25, -0.2) is 14.4 Å². The van der Waals surface area contributed by atoms with E-state index in [-0.39, 0.29) is 11.7 Å². The molecule has 2 aliphatic rings. The van der Waals surface area contributed by atoms with Crippen LogP contribution in [0.5, 0.6) is 5.75 Å². The van der Waals surface area contributed by atoms with E-state index in [1.807, 2.05) is 33.6 Å². The molecule has 8 heteroatoms. The summed E-state index contributed by atoms with van der Waals surface area (Å²) in [5.74, 6) is 1.16. The Balaban J connectivity index is 1.26. The maximum atomic E-state index is 14.5. The average molecular weight is 458 g/mol. The monoisotopic (exact) mass is 457 g/mol. The molecule has 6 rings (SSSR count). The molecule has 1 saturated heterocycles. The lowest BCUT2D eigenvalue weighted by Crippen LogP contribution is -2.27. The first-order valence-corrected chi connectivity index (χ1v) is 11.6. The van der Waals surface area contributed by atoms with Gasteiger partial charge in [0.25, 0.3) is 5.91 Å². The van der Waals surface area contributed by atoms with E-state index in [0.717, 1.165) is 53.9 Å². The second kappa shape index (κ2) is 8.44. The topological polar surface area (TPSA) is 71.8 Å². The van der Waals surface area contributed by atoms with Gasteiger partial charge in [0.2, 0.25) is 5.95 Å². The Hall–Kier alpha value is -3.94. The van der Waals surface area contributed by atoms with E-state index >= 15 is 0 Å². The quantitative estimate of drug-likeness (QED) is 0.483. The molecule has 2 aliphatic heterocycles. The predicted octanol–water partition coefficient (Wildman–Crippen LogP) is 4.32. The number of rotatable bonds is 5. The summed E-state index contributed by atoms with van der Waals surface area (Å²) < 4.78 is 21.9. The molecule has 2 aromatic heterocycles. The molecule has 34 heavy (non-hydrogen) atoms. The van der Waals surface area contributed by atoms with Crippen molar-refractivity contribution in [3.8, 4) is 16.9 Å². The van der Waals surface area contributed by atoms with Gasteiger partial charge in [0.05, 0.1) is 18.3 Å². The molecule has 1 N–H and O–H groups in total. The zero-order chi connectivity index (χ0) is 23.1. The summed E-state index contributed by atoms with van der Waals surface area (Å²) in [6.07, 6.45) is 8.09. The largest absolute Gasteiger partial charge is 0.493 e. The number of carbonyl (C=O) groups is 1. The number of halogens is 1. The standard InChI is InChI=1S/C26H24FN5O2/c27-22-7-8-24-19(9-12-34-24)21(22)14-30-26-29-13-20(23-15-28-16-32(23)26)17-3-5-18(6-4-17)25(33)31-10-1-2-11-31/h3-8,13,15-16H,1-2,9-12,14H2,(H,29,30). The molecular weight excluding hydrogens is 433 g/mol. The number of fused-ring (bicyclic) bond motifs is 2. The predicted molar refractivity (Wildman–Crippen MR) is 126 cm³/mol. The number of anilines is 1. The minimum atomic E-state index is -0.251. The van der Waals surface area contributed by atoms with Gasteiger partial charge in [-0.3, -0.25) is 9.20 Å². The smallest absolute Gasteiger partial charge is 0.253 e. The van der Waals surface area contributed by atoms with Crippen molar-refractivity contribution in [1.82, 2.24) is 19.3 Å². The summed E-state index contributed by atoms with van der Waals surface area (Å²) in [4.78, 5) is 23.5. The number of nitrogens with zero attached hydrogens (tertiary/aromatic N) is 4. The highest BCUT2D eigenvalue weighted by Gasteiger charge is 2.21. The van der Waals surface area contributed by atoms with Gasteiger partial charge in [0, 0.05) is 54.5 Å². The second-order valence-corrected chi connectivity index (χ2v) is 8.68. The van der Waals surface area contributed by atoms with Crippen molar-refractivity contribution in [2.24, 2.45) is 0 Å². The Morgan fingerprint density at radius 3 is 2.74 bits per heavy atom. The fourth-order valence-electron chi connectivity index (χ4n) is 4.84. The SMILES string of the molecule is O=C(c1ccc(-c2cnc(NCc3c(F)ccc4c3CCO4)n3cncc23)cc1)N1CCCC1. The molecule has 7 nitrogen and oxygen atoms in total. The summed E-state index contributed by atoms with van der Waals surface area (Å²) in [7, 11) is 0. The number of aromatic nitrogens is 3. The number of amides is 1. The van der Waals surface area contributed by atoms with Crippen LogP contribution >= 0.6 is 0 Å². The Bertz CT molecular complexity index is 1380. The summed E-state index contributed by atoms with van der Waals surface area (Å²) >= 11 is 0. The molecule has 0 saturated carbocycles. The zero-order valence-electron chi connectivity index (χ0n) is 18.6. The molecule has 0 spiro atoms. The lowest BCUT2D eigenvalue weighted by molar-refractivity contribution is 0.0793. The molecule has 0 atom stereocenters. The van der Waals surface area contributed by atoms with Crippen molar-refractivity contribution >= 4 is 17.4 Å². The number of ether oxygens (including phenoxy) is 1. The van der Waals surface area contributed by atoms with Crippen LogP contribution in [-0.2, 0) is 13.0 Å². The van der Waals surface area contributed by atoms with Gasteiger partial charge in [-0.15, -0.1) is 0 Å². The van der Waals surface area contributed by atoms with Crippen molar-refractivity contribution in [3.63, 3.8) is 0 Å². The van der Waals surface area contributed by atoms with Crippen molar-refractivity contribution < 1.29 is 13.9 Å². The first-order chi connectivity index (χ1) is 16.7. The van der Waals surface area contributed by atoms with Crippen molar-refractivity contribution in [2.45, 2.75) is 25.8 Å². The highest BCUT2D eigenvalue weighted by atomic mass is 19.1. The first-order valence-electron chi connectivity index (χ1n) is 11.6. The summed E-state index contributed by atoms with van der Waals surface area (Å²) in [6.45, 7) is 2.54. The molecule has 4 heterocycles. The van der Waals surface area contributed by atoms with Crippen LogP contribution in [0.4, 0.5) is 10.3 Å². The molecule has 0 radical (unpaired) electrons. The van der Waals surface area contributed by atoms with Gasteiger partial charge in [-0.05, 0) is 42.7 Å². The number of benzene rings is 2. The minimum absolute atomic E-state index is 0.0845. The van der Waals surface area contributed by atoms with Crippen molar-refractivity contribution in [3.05, 3.63) is 77.6 Å². The fourth-order valence-corrected chi connectivity index (χ4v) is 4.84. The number of likely N-dealkylation sites (tertiary alicyclic amines) is 1. The van der Waals surface area contributed by atoms with E-state index < -0.39 is 0 Å². The van der Waals surface area contributed by atoms with Gasteiger partial charge >= 0.3 is 0 Å². The normalized spacial score (nSPS) is 14.9. The van der Waals surface area contributed by atoms with Gasteiger partial charge in [0.1, 0.15) is 17.9 Å². The highest BCUT2D eigenvalue weighted by molar-refractivity contribution is 5.95. The molecule has 1 fully saturated rings. The molecule has 1 amide bonds. The Morgan fingerprint density at radius 2 is 1.91 bits per heavy atom. The summed E-state index contributed by atoms with van der Waals surface area (Å²) in [5.41, 5.74) is 4.94. The van der Waals surface area contributed by atoms with E-state index in [0.29, 0.717) is 36.6 Å². The third-order valence-corrected chi connectivity index (χ3v) is 6.66. The van der Waals surface area contributed by atoms with E-state index in [1.54, 1.807) is 24.8 Å². The summed E-state index contributed by atoms with van der Waals surface area (Å²) in [6, 6.07) is 10.8. The Labute approximate surface area is 196 Å². The lowest BCUT2D eigenvalue weighted by Gasteiger charge is -2.15. The summed E-state index contributed by atoms with van der Waals surface area (Å²) in [5, 5.41) is 3.26. The molecule has 0 bridgehead atoms. The fraction of sp³-hybridized carbons (Fsp3) is 0.269. The van der Waals surface area contributed by atoms with Gasteiger partial charge < -0.3 is 15.0 Å². The maximum absolute atomic E-state index is 14.5. The Morgan fingerprint density at radius 1 is 1.09 bits per heavy atom. The number of carbonyl (C=O) groups excluding carboxylic acids is 1. The van der Waals surface area contributed by atoms with Gasteiger partial charge in [-0.1, -0.05) is 12.1 Å². The molecular formula is C26H24FN5O2. The van der Waals surface area contributed by atoms with E-state index in [9.17, 15) is 9.18 Å². The van der Waals surface area contributed by atoms with Gasteiger partial charge in [-0.2, -0.15) is 0 Å². The number of nitrogens with one attached hydrogen (secondary N) is 1. The van der Waals surface area contributed by atoms with E-state index in [2.05, 4.69) is 15.3 Å². The maximum Gasteiger partial charge on any atom is 0.253 e. The van der Waals surface area contributed by atoms with E-state index in [1.165, 1.54) is 6.07 Å².